The number of carboxylic acids is 1. The standard InChI is InChI=1S/C13H17NO2S.C8H9NO2/c15-13(14-5-7-16-8-6-14)11-9-17-12-4-2-1-3-10(11)12;9-7(8(10)11)6-4-2-1-3-5-6/h9H,1-8H2;1-5,7H,9H2,(H,10,11)/t;7-/m.0/s1. The molecule has 2 heterocycles. The van der Waals surface area contributed by atoms with Crippen molar-refractivity contribution in [3.63, 3.8) is 0 Å². The van der Waals surface area contributed by atoms with E-state index < -0.39 is 12.0 Å². The first-order chi connectivity index (χ1) is 13.6. The van der Waals surface area contributed by atoms with Crippen LogP contribution in [0.1, 0.15) is 45.2 Å². The molecule has 0 spiro atoms. The molecule has 150 valence electrons. The van der Waals surface area contributed by atoms with E-state index in [1.165, 1.54) is 23.3 Å². The van der Waals surface area contributed by atoms with Crippen molar-refractivity contribution >= 4 is 23.2 Å². The zero-order chi connectivity index (χ0) is 19.9. The van der Waals surface area contributed by atoms with Gasteiger partial charge in [-0.25, -0.2) is 0 Å². The fourth-order valence-electron chi connectivity index (χ4n) is 3.41. The summed E-state index contributed by atoms with van der Waals surface area (Å²) in [6.45, 7) is 2.84. The largest absolute Gasteiger partial charge is 0.480 e. The van der Waals surface area contributed by atoms with Crippen molar-refractivity contribution in [1.29, 1.82) is 0 Å². The summed E-state index contributed by atoms with van der Waals surface area (Å²) < 4.78 is 5.29. The van der Waals surface area contributed by atoms with Crippen molar-refractivity contribution in [2.45, 2.75) is 31.7 Å². The Morgan fingerprint density at radius 1 is 1.11 bits per heavy atom. The van der Waals surface area contributed by atoms with Crippen LogP contribution in [0.4, 0.5) is 0 Å². The second-order valence-corrected chi connectivity index (χ2v) is 7.85. The molecule has 1 aromatic carbocycles. The lowest BCUT2D eigenvalue weighted by atomic mass is 9.95. The Kier molecular flexibility index (Phi) is 7.19. The third-order valence-corrected chi connectivity index (χ3v) is 6.10. The number of carbonyl (C=O) groups is 2. The van der Waals surface area contributed by atoms with E-state index >= 15 is 0 Å². The lowest BCUT2D eigenvalue weighted by molar-refractivity contribution is -0.138. The molecule has 1 fully saturated rings. The van der Waals surface area contributed by atoms with E-state index in [0.717, 1.165) is 31.5 Å². The number of aliphatic carboxylic acids is 1. The summed E-state index contributed by atoms with van der Waals surface area (Å²) in [6, 6.07) is 7.82. The number of nitrogens with zero attached hydrogens (tertiary/aromatic N) is 1. The minimum atomic E-state index is -1.00. The molecule has 3 N–H and O–H groups in total. The number of nitrogens with two attached hydrogens (primary N) is 1. The number of hydrogen-bond donors (Lipinski definition) is 2. The number of amides is 1. The van der Waals surface area contributed by atoms with Crippen molar-refractivity contribution in [1.82, 2.24) is 4.90 Å². The number of carbonyl (C=O) groups excluding carboxylic acids is 1. The molecule has 28 heavy (non-hydrogen) atoms. The van der Waals surface area contributed by atoms with Gasteiger partial charge < -0.3 is 20.5 Å². The number of hydrogen-bond acceptors (Lipinski definition) is 5. The second-order valence-electron chi connectivity index (χ2n) is 6.89. The Morgan fingerprint density at radius 2 is 1.79 bits per heavy atom. The molecule has 2 aromatic rings. The van der Waals surface area contributed by atoms with Crippen LogP contribution in [0.5, 0.6) is 0 Å². The predicted octanol–water partition coefficient (Wildman–Crippen LogP) is 2.87. The first-order valence-electron chi connectivity index (χ1n) is 9.57. The minimum absolute atomic E-state index is 0.215. The normalized spacial score (nSPS) is 17.1. The molecule has 1 atom stereocenters. The molecule has 0 radical (unpaired) electrons. The van der Waals surface area contributed by atoms with Gasteiger partial charge in [0.2, 0.25) is 0 Å². The average molecular weight is 403 g/mol. The molecular formula is C21H26N2O4S. The number of thiophene rings is 1. The zero-order valence-corrected chi connectivity index (χ0v) is 16.6. The molecule has 0 bridgehead atoms. The van der Waals surface area contributed by atoms with Gasteiger partial charge in [-0.05, 0) is 36.8 Å². The molecule has 4 rings (SSSR count). The van der Waals surface area contributed by atoms with Gasteiger partial charge in [0, 0.05) is 23.3 Å². The lowest BCUT2D eigenvalue weighted by Gasteiger charge is -2.27. The van der Waals surface area contributed by atoms with Crippen molar-refractivity contribution in [2.24, 2.45) is 5.73 Å². The fraction of sp³-hybridized carbons (Fsp3) is 0.429. The molecule has 2 aliphatic rings. The summed E-state index contributed by atoms with van der Waals surface area (Å²) in [7, 11) is 0. The summed E-state index contributed by atoms with van der Waals surface area (Å²) >= 11 is 1.77. The zero-order valence-electron chi connectivity index (χ0n) is 15.8. The van der Waals surface area contributed by atoms with Crippen molar-refractivity contribution in [3.05, 3.63) is 57.3 Å². The molecule has 0 unspecified atom stereocenters. The van der Waals surface area contributed by atoms with Crippen LogP contribution in [0, 0.1) is 0 Å². The smallest absolute Gasteiger partial charge is 0.325 e. The van der Waals surface area contributed by atoms with Gasteiger partial charge in [0.25, 0.3) is 5.91 Å². The van der Waals surface area contributed by atoms with E-state index in [-0.39, 0.29) is 5.91 Å². The molecule has 1 amide bonds. The number of rotatable bonds is 3. The molecule has 1 aliphatic carbocycles. The summed E-state index contributed by atoms with van der Waals surface area (Å²) in [5.74, 6) is -0.788. The van der Waals surface area contributed by atoms with Gasteiger partial charge in [-0.3, -0.25) is 9.59 Å². The Labute approximate surface area is 168 Å². The first-order valence-corrected chi connectivity index (χ1v) is 10.5. The first kappa shape index (κ1) is 20.5. The molecule has 0 saturated carbocycles. The molecule has 1 saturated heterocycles. The fourth-order valence-corrected chi connectivity index (χ4v) is 4.53. The van der Waals surface area contributed by atoms with Crippen LogP contribution >= 0.6 is 11.3 Å². The third-order valence-electron chi connectivity index (χ3n) is 5.01. The summed E-state index contributed by atoms with van der Waals surface area (Å²) in [5.41, 5.74) is 8.26. The van der Waals surface area contributed by atoms with Gasteiger partial charge >= 0.3 is 5.97 Å². The van der Waals surface area contributed by atoms with Gasteiger partial charge in [0.1, 0.15) is 6.04 Å². The monoisotopic (exact) mass is 402 g/mol. The topological polar surface area (TPSA) is 92.9 Å². The molecule has 6 nitrogen and oxygen atoms in total. The molecule has 1 aromatic heterocycles. The van der Waals surface area contributed by atoms with E-state index in [4.69, 9.17) is 15.6 Å². The lowest BCUT2D eigenvalue weighted by Crippen LogP contribution is -2.40. The summed E-state index contributed by atoms with van der Waals surface area (Å²) in [6.07, 6.45) is 4.76. The van der Waals surface area contributed by atoms with Gasteiger partial charge in [0.05, 0.1) is 18.8 Å². The van der Waals surface area contributed by atoms with Crippen molar-refractivity contribution in [2.75, 3.05) is 26.3 Å². The van der Waals surface area contributed by atoms with Crippen LogP contribution in [0.15, 0.2) is 35.7 Å². The summed E-state index contributed by atoms with van der Waals surface area (Å²) in [5, 5.41) is 10.6. The molecular weight excluding hydrogens is 376 g/mol. The quantitative estimate of drug-likeness (QED) is 0.824. The summed E-state index contributed by atoms with van der Waals surface area (Å²) in [4.78, 5) is 26.2. The van der Waals surface area contributed by atoms with E-state index in [2.05, 4.69) is 5.38 Å². The van der Waals surface area contributed by atoms with Crippen LogP contribution in [0.3, 0.4) is 0 Å². The van der Waals surface area contributed by atoms with Crippen molar-refractivity contribution < 1.29 is 19.4 Å². The highest BCUT2D eigenvalue weighted by molar-refractivity contribution is 7.10. The SMILES string of the molecule is N[C@H](C(=O)O)c1ccccc1.O=C(c1csc2c1CCCC2)N1CCOCC1. The highest BCUT2D eigenvalue weighted by atomic mass is 32.1. The molecule has 7 heteroatoms. The molecule has 1 aliphatic heterocycles. The third kappa shape index (κ3) is 4.98. The van der Waals surface area contributed by atoms with Crippen molar-refractivity contribution in [3.8, 4) is 0 Å². The Bertz CT molecular complexity index is 800. The predicted molar refractivity (Wildman–Crippen MR) is 109 cm³/mol. The Balaban J connectivity index is 0.000000178. The van der Waals surface area contributed by atoms with Gasteiger partial charge in [-0.15, -0.1) is 11.3 Å². The van der Waals surface area contributed by atoms with Crippen LogP contribution in [-0.4, -0.2) is 48.2 Å². The second kappa shape index (κ2) is 9.82. The van der Waals surface area contributed by atoms with Crippen LogP contribution in [-0.2, 0) is 22.4 Å². The van der Waals surface area contributed by atoms with Crippen LogP contribution in [0.2, 0.25) is 0 Å². The number of benzene rings is 1. The number of morpholine rings is 1. The maximum atomic E-state index is 12.4. The van der Waals surface area contributed by atoms with Gasteiger partial charge in [0.15, 0.2) is 0 Å². The minimum Gasteiger partial charge on any atom is -0.480 e. The van der Waals surface area contributed by atoms with Crippen LogP contribution < -0.4 is 5.73 Å². The van der Waals surface area contributed by atoms with Gasteiger partial charge in [-0.1, -0.05) is 30.3 Å². The number of ether oxygens (including phenoxy) is 1. The van der Waals surface area contributed by atoms with E-state index in [1.54, 1.807) is 35.6 Å². The van der Waals surface area contributed by atoms with E-state index in [9.17, 15) is 9.59 Å². The van der Waals surface area contributed by atoms with Gasteiger partial charge in [-0.2, -0.15) is 0 Å². The highest BCUT2D eigenvalue weighted by Crippen LogP contribution is 2.31. The highest BCUT2D eigenvalue weighted by Gasteiger charge is 2.24. The van der Waals surface area contributed by atoms with E-state index in [0.29, 0.717) is 18.8 Å². The number of fused-ring (bicyclic) bond motifs is 1. The average Bonchev–Trinajstić information content (AvgIpc) is 3.18. The maximum absolute atomic E-state index is 12.4. The maximum Gasteiger partial charge on any atom is 0.325 e. The Morgan fingerprint density at radius 3 is 2.46 bits per heavy atom. The number of carboxylic acid groups (broad SMARTS) is 1. The van der Waals surface area contributed by atoms with E-state index in [1.807, 2.05) is 11.0 Å². The van der Waals surface area contributed by atoms with Crippen LogP contribution in [0.25, 0.3) is 0 Å². The Hall–Kier alpha value is -2.22. The number of aryl methyl sites for hydroxylation is 1.